The number of carbonyl (C=O) groups is 2. The molecule has 2 aromatic rings. The molecule has 0 aliphatic heterocycles. The van der Waals surface area contributed by atoms with E-state index >= 15 is 0 Å². The Bertz CT molecular complexity index is 724. The molecular weight excluding hydrogens is 280 g/mol. The molecule has 0 aliphatic carbocycles. The summed E-state index contributed by atoms with van der Waals surface area (Å²) in [6.45, 7) is 1.89. The fraction of sp³-hybridized carbons (Fsp3) is 0.176. The van der Waals surface area contributed by atoms with Crippen LogP contribution in [-0.4, -0.2) is 31.1 Å². The Morgan fingerprint density at radius 3 is 2.41 bits per heavy atom. The Labute approximate surface area is 129 Å². The zero-order chi connectivity index (χ0) is 16.3. The normalized spacial score (nSPS) is 10.1. The monoisotopic (exact) mass is 298 g/mol. The molecule has 1 amide bonds. The average molecular weight is 298 g/mol. The number of nitrogens with zero attached hydrogens (tertiary/aromatic N) is 1. The SMILES string of the molecule is Cc1cccc(C(=O)Nc2ccc(N(C)C)cc2C(=O)O)c1. The van der Waals surface area contributed by atoms with Gasteiger partial charge in [0.2, 0.25) is 0 Å². The van der Waals surface area contributed by atoms with Gasteiger partial charge in [-0.15, -0.1) is 0 Å². The van der Waals surface area contributed by atoms with Crippen molar-refractivity contribution in [3.63, 3.8) is 0 Å². The highest BCUT2D eigenvalue weighted by atomic mass is 16.4. The van der Waals surface area contributed by atoms with Crippen LogP contribution >= 0.6 is 0 Å². The maximum atomic E-state index is 12.2. The van der Waals surface area contributed by atoms with E-state index in [9.17, 15) is 14.7 Å². The molecule has 5 heteroatoms. The lowest BCUT2D eigenvalue weighted by molar-refractivity contribution is 0.0698. The van der Waals surface area contributed by atoms with Gasteiger partial charge in [-0.25, -0.2) is 4.79 Å². The predicted octanol–water partition coefficient (Wildman–Crippen LogP) is 3.01. The third-order valence-electron chi connectivity index (χ3n) is 3.28. The summed E-state index contributed by atoms with van der Waals surface area (Å²) in [5, 5.41) is 12.0. The van der Waals surface area contributed by atoms with Gasteiger partial charge in [0.15, 0.2) is 0 Å². The highest BCUT2D eigenvalue weighted by molar-refractivity contribution is 6.08. The molecule has 0 saturated heterocycles. The van der Waals surface area contributed by atoms with Crippen molar-refractivity contribution in [1.29, 1.82) is 0 Å². The van der Waals surface area contributed by atoms with Crippen molar-refractivity contribution in [1.82, 2.24) is 0 Å². The topological polar surface area (TPSA) is 69.6 Å². The largest absolute Gasteiger partial charge is 0.478 e. The molecule has 0 aliphatic rings. The number of carboxylic acid groups (broad SMARTS) is 1. The summed E-state index contributed by atoms with van der Waals surface area (Å²) in [5.74, 6) is -1.41. The third kappa shape index (κ3) is 3.44. The number of hydrogen-bond acceptors (Lipinski definition) is 3. The number of amides is 1. The van der Waals surface area contributed by atoms with E-state index in [-0.39, 0.29) is 17.2 Å². The quantitative estimate of drug-likeness (QED) is 0.910. The second-order valence-corrected chi connectivity index (χ2v) is 5.25. The van der Waals surface area contributed by atoms with Gasteiger partial charge in [0, 0.05) is 25.3 Å². The molecule has 0 aromatic heterocycles. The molecule has 0 spiro atoms. The van der Waals surface area contributed by atoms with Gasteiger partial charge in [-0.05, 0) is 37.3 Å². The number of rotatable bonds is 4. The number of nitrogens with one attached hydrogen (secondary N) is 1. The summed E-state index contributed by atoms with van der Waals surface area (Å²) in [7, 11) is 3.65. The summed E-state index contributed by atoms with van der Waals surface area (Å²) in [5.41, 5.74) is 2.56. The van der Waals surface area contributed by atoms with Gasteiger partial charge in [0.05, 0.1) is 11.3 Å². The van der Waals surface area contributed by atoms with E-state index < -0.39 is 5.97 Å². The number of aromatic carboxylic acids is 1. The summed E-state index contributed by atoms with van der Waals surface area (Å²) in [6.07, 6.45) is 0. The second-order valence-electron chi connectivity index (χ2n) is 5.25. The molecule has 22 heavy (non-hydrogen) atoms. The number of hydrogen-bond donors (Lipinski definition) is 2. The molecule has 0 heterocycles. The standard InChI is InChI=1S/C17H18N2O3/c1-11-5-4-6-12(9-11)16(20)18-15-8-7-13(19(2)3)10-14(15)17(21)22/h4-10H,1-3H3,(H,18,20)(H,21,22). The number of aryl methyl sites for hydroxylation is 1. The number of anilines is 2. The summed E-state index contributed by atoms with van der Waals surface area (Å²) in [4.78, 5) is 25.4. The van der Waals surface area contributed by atoms with Crippen LogP contribution in [-0.2, 0) is 0 Å². The van der Waals surface area contributed by atoms with E-state index in [1.807, 2.05) is 27.1 Å². The van der Waals surface area contributed by atoms with Gasteiger partial charge in [-0.1, -0.05) is 17.7 Å². The minimum Gasteiger partial charge on any atom is -0.478 e. The van der Waals surface area contributed by atoms with Gasteiger partial charge in [-0.2, -0.15) is 0 Å². The Hall–Kier alpha value is -2.82. The minimum absolute atomic E-state index is 0.0622. The summed E-state index contributed by atoms with van der Waals surface area (Å²) < 4.78 is 0. The van der Waals surface area contributed by atoms with E-state index in [2.05, 4.69) is 5.32 Å². The first-order valence-electron chi connectivity index (χ1n) is 6.81. The van der Waals surface area contributed by atoms with Crippen molar-refractivity contribution in [2.45, 2.75) is 6.92 Å². The molecule has 0 unspecified atom stereocenters. The Kier molecular flexibility index (Phi) is 4.46. The molecular formula is C17H18N2O3. The Morgan fingerprint density at radius 1 is 1.09 bits per heavy atom. The van der Waals surface area contributed by atoms with Crippen LogP contribution in [0.2, 0.25) is 0 Å². The van der Waals surface area contributed by atoms with Crippen molar-refractivity contribution in [3.05, 3.63) is 59.2 Å². The lowest BCUT2D eigenvalue weighted by Gasteiger charge is -2.15. The maximum Gasteiger partial charge on any atom is 0.337 e. The molecule has 0 atom stereocenters. The fourth-order valence-electron chi connectivity index (χ4n) is 2.08. The van der Waals surface area contributed by atoms with Crippen LogP contribution in [0.4, 0.5) is 11.4 Å². The molecule has 2 rings (SSSR count). The Morgan fingerprint density at radius 2 is 1.82 bits per heavy atom. The first-order chi connectivity index (χ1) is 10.4. The first-order valence-corrected chi connectivity index (χ1v) is 6.81. The molecule has 0 bridgehead atoms. The van der Waals surface area contributed by atoms with Crippen LogP contribution < -0.4 is 10.2 Å². The molecule has 5 nitrogen and oxygen atoms in total. The van der Waals surface area contributed by atoms with Crippen molar-refractivity contribution in [2.75, 3.05) is 24.3 Å². The van der Waals surface area contributed by atoms with Crippen LogP contribution in [0.1, 0.15) is 26.3 Å². The highest BCUT2D eigenvalue weighted by Gasteiger charge is 2.15. The summed E-state index contributed by atoms with van der Waals surface area (Å²) >= 11 is 0. The van der Waals surface area contributed by atoms with Crippen LogP contribution in [0, 0.1) is 6.92 Å². The number of carboxylic acids is 1. The molecule has 0 radical (unpaired) electrons. The number of benzene rings is 2. The zero-order valence-corrected chi connectivity index (χ0v) is 12.8. The molecule has 0 fully saturated rings. The maximum absolute atomic E-state index is 12.2. The molecule has 0 saturated carbocycles. The van der Waals surface area contributed by atoms with Gasteiger partial charge in [0.25, 0.3) is 5.91 Å². The van der Waals surface area contributed by atoms with Crippen LogP contribution in [0.25, 0.3) is 0 Å². The van der Waals surface area contributed by atoms with Crippen molar-refractivity contribution >= 4 is 23.3 Å². The Balaban J connectivity index is 2.33. The van der Waals surface area contributed by atoms with E-state index in [0.717, 1.165) is 11.3 Å². The van der Waals surface area contributed by atoms with E-state index in [1.54, 1.807) is 35.2 Å². The smallest absolute Gasteiger partial charge is 0.337 e. The number of carbonyl (C=O) groups excluding carboxylic acids is 1. The van der Waals surface area contributed by atoms with Crippen LogP contribution in [0.5, 0.6) is 0 Å². The molecule has 114 valence electrons. The van der Waals surface area contributed by atoms with Crippen molar-refractivity contribution < 1.29 is 14.7 Å². The third-order valence-corrected chi connectivity index (χ3v) is 3.28. The van der Waals surface area contributed by atoms with Crippen LogP contribution in [0.3, 0.4) is 0 Å². The first kappa shape index (κ1) is 15.6. The van der Waals surface area contributed by atoms with Gasteiger partial charge in [0.1, 0.15) is 0 Å². The molecule has 2 aromatic carbocycles. The molecule has 2 N–H and O–H groups in total. The minimum atomic E-state index is -1.08. The second kappa shape index (κ2) is 6.30. The van der Waals surface area contributed by atoms with Crippen LogP contribution in [0.15, 0.2) is 42.5 Å². The van der Waals surface area contributed by atoms with Gasteiger partial charge >= 0.3 is 5.97 Å². The lowest BCUT2D eigenvalue weighted by Crippen LogP contribution is -2.16. The van der Waals surface area contributed by atoms with Crippen molar-refractivity contribution in [3.8, 4) is 0 Å². The van der Waals surface area contributed by atoms with Gasteiger partial charge < -0.3 is 15.3 Å². The van der Waals surface area contributed by atoms with E-state index in [0.29, 0.717) is 5.56 Å². The van der Waals surface area contributed by atoms with E-state index in [4.69, 9.17) is 0 Å². The van der Waals surface area contributed by atoms with Gasteiger partial charge in [-0.3, -0.25) is 4.79 Å². The fourth-order valence-corrected chi connectivity index (χ4v) is 2.08. The zero-order valence-electron chi connectivity index (χ0n) is 12.8. The highest BCUT2D eigenvalue weighted by Crippen LogP contribution is 2.23. The average Bonchev–Trinajstić information content (AvgIpc) is 2.47. The van der Waals surface area contributed by atoms with Crippen molar-refractivity contribution in [2.24, 2.45) is 0 Å². The lowest BCUT2D eigenvalue weighted by atomic mass is 10.1. The van der Waals surface area contributed by atoms with E-state index in [1.165, 1.54) is 6.07 Å². The summed E-state index contributed by atoms with van der Waals surface area (Å²) in [6, 6.07) is 12.0. The predicted molar refractivity (Wildman–Crippen MR) is 86.9 cm³/mol.